The number of hydrogen-bond acceptors (Lipinski definition) is 1. The molecule has 0 amide bonds. The second-order valence-corrected chi connectivity index (χ2v) is 9.66. The molecule has 1 aliphatic rings. The summed E-state index contributed by atoms with van der Waals surface area (Å²) in [5, 5.41) is 11.9. The van der Waals surface area contributed by atoms with Gasteiger partial charge in [0.05, 0.1) is 0 Å². The van der Waals surface area contributed by atoms with E-state index in [9.17, 15) is 0 Å². The van der Waals surface area contributed by atoms with Crippen LogP contribution < -0.4 is 0 Å². The van der Waals surface area contributed by atoms with Gasteiger partial charge in [0.1, 0.15) is 0 Å². The zero-order chi connectivity index (χ0) is 7.56. The van der Waals surface area contributed by atoms with Gasteiger partial charge in [-0.15, -0.1) is 0 Å². The first-order chi connectivity index (χ1) is 4.77. The third-order valence-electron chi connectivity index (χ3n) is 2.42. The minimum atomic E-state index is -0.462. The summed E-state index contributed by atoms with van der Waals surface area (Å²) in [6, 6.07) is 0. The molecule has 0 heterocycles. The predicted molar refractivity (Wildman–Crippen MR) is 45.7 cm³/mol. The Labute approximate surface area is 68.1 Å². The van der Waals surface area contributed by atoms with Crippen LogP contribution in [0.3, 0.4) is 0 Å². The standard InChI is InChI=1S/C8H17AsO/c1-3-9(4-2)7-5-8(10)6-7/h7-8,10H,3-6H2,1-2H3. The van der Waals surface area contributed by atoms with Crippen molar-refractivity contribution in [1.29, 1.82) is 0 Å². The van der Waals surface area contributed by atoms with Crippen LogP contribution in [0.2, 0.25) is 15.1 Å². The van der Waals surface area contributed by atoms with Crippen LogP contribution in [-0.2, 0) is 0 Å². The van der Waals surface area contributed by atoms with Gasteiger partial charge in [-0.1, -0.05) is 0 Å². The number of aliphatic hydroxyl groups excluding tert-OH is 1. The zero-order valence-electron chi connectivity index (χ0n) is 6.88. The van der Waals surface area contributed by atoms with Crippen LogP contribution in [0.15, 0.2) is 0 Å². The van der Waals surface area contributed by atoms with Crippen molar-refractivity contribution in [2.24, 2.45) is 0 Å². The molecule has 1 saturated carbocycles. The molecular formula is C8H17AsO. The van der Waals surface area contributed by atoms with Crippen molar-refractivity contribution in [3.05, 3.63) is 0 Å². The number of rotatable bonds is 3. The van der Waals surface area contributed by atoms with Gasteiger partial charge < -0.3 is 0 Å². The monoisotopic (exact) mass is 204 g/mol. The quantitative estimate of drug-likeness (QED) is 0.697. The Bertz CT molecular complexity index is 95.4. The summed E-state index contributed by atoms with van der Waals surface area (Å²) in [6.45, 7) is 4.63. The summed E-state index contributed by atoms with van der Waals surface area (Å²) >= 11 is -0.462. The molecule has 0 bridgehead atoms. The van der Waals surface area contributed by atoms with Gasteiger partial charge in [0, 0.05) is 0 Å². The summed E-state index contributed by atoms with van der Waals surface area (Å²) in [4.78, 5) is 0. The molecule has 0 atom stereocenters. The minimum absolute atomic E-state index is 0.0694. The Morgan fingerprint density at radius 3 is 2.10 bits per heavy atom. The zero-order valence-corrected chi connectivity index (χ0v) is 8.75. The van der Waals surface area contributed by atoms with Crippen molar-refractivity contribution in [2.75, 3.05) is 0 Å². The Kier molecular flexibility index (Phi) is 3.26. The van der Waals surface area contributed by atoms with Crippen LogP contribution in [0.5, 0.6) is 0 Å². The molecule has 2 heteroatoms. The summed E-state index contributed by atoms with van der Waals surface area (Å²) in [7, 11) is 0. The molecule has 0 saturated heterocycles. The van der Waals surface area contributed by atoms with E-state index in [1.165, 1.54) is 10.4 Å². The van der Waals surface area contributed by atoms with Gasteiger partial charge in [-0.2, -0.15) is 0 Å². The van der Waals surface area contributed by atoms with Crippen molar-refractivity contribution in [3.8, 4) is 0 Å². The molecule has 10 heavy (non-hydrogen) atoms. The number of aliphatic hydroxyl groups is 1. The van der Waals surface area contributed by atoms with Gasteiger partial charge in [-0.25, -0.2) is 0 Å². The molecule has 0 spiro atoms. The molecule has 1 rings (SSSR count). The molecule has 1 nitrogen and oxygen atoms in total. The first-order valence-corrected chi connectivity index (χ1v) is 7.93. The first kappa shape index (κ1) is 8.61. The fraction of sp³-hybridized carbons (Fsp3) is 1.00. The van der Waals surface area contributed by atoms with Crippen molar-refractivity contribution >= 4 is 14.7 Å². The van der Waals surface area contributed by atoms with Crippen molar-refractivity contribution in [3.63, 3.8) is 0 Å². The van der Waals surface area contributed by atoms with E-state index in [4.69, 9.17) is 5.11 Å². The fourth-order valence-corrected chi connectivity index (χ4v) is 6.97. The topological polar surface area (TPSA) is 20.2 Å². The number of hydrogen-bond donors (Lipinski definition) is 1. The van der Waals surface area contributed by atoms with Gasteiger partial charge in [-0.05, 0) is 0 Å². The second kappa shape index (κ2) is 3.78. The maximum atomic E-state index is 9.08. The van der Waals surface area contributed by atoms with Gasteiger partial charge in [0.25, 0.3) is 0 Å². The summed E-state index contributed by atoms with van der Waals surface area (Å²) < 4.78 is 0.984. The normalized spacial score (nSPS) is 32.4. The fourth-order valence-electron chi connectivity index (χ4n) is 1.60. The van der Waals surface area contributed by atoms with E-state index in [0.29, 0.717) is 0 Å². The van der Waals surface area contributed by atoms with E-state index in [1.54, 1.807) is 0 Å². The van der Waals surface area contributed by atoms with Crippen molar-refractivity contribution < 1.29 is 5.11 Å². The van der Waals surface area contributed by atoms with Crippen molar-refractivity contribution in [2.45, 2.75) is 47.9 Å². The van der Waals surface area contributed by atoms with Crippen molar-refractivity contribution in [1.82, 2.24) is 0 Å². The molecule has 0 unspecified atom stereocenters. The Morgan fingerprint density at radius 2 is 1.80 bits per heavy atom. The van der Waals surface area contributed by atoms with Crippen LogP contribution in [0, 0.1) is 0 Å². The third-order valence-corrected chi connectivity index (χ3v) is 8.88. The van der Waals surface area contributed by atoms with E-state index < -0.39 is 14.7 Å². The van der Waals surface area contributed by atoms with Gasteiger partial charge >= 0.3 is 67.7 Å². The molecule has 0 aliphatic heterocycles. The van der Waals surface area contributed by atoms with E-state index in [1.807, 2.05) is 0 Å². The Balaban J connectivity index is 2.21. The SMILES string of the molecule is CC[As](CC)C1CC(O)C1. The van der Waals surface area contributed by atoms with Gasteiger partial charge in [0.15, 0.2) is 0 Å². The van der Waals surface area contributed by atoms with Crippen LogP contribution in [0.1, 0.15) is 26.7 Å². The second-order valence-electron chi connectivity index (χ2n) is 3.00. The van der Waals surface area contributed by atoms with Crippen LogP contribution in [0.4, 0.5) is 0 Å². The molecule has 0 aromatic heterocycles. The average Bonchev–Trinajstić information content (AvgIpc) is 1.87. The molecule has 1 N–H and O–H groups in total. The van der Waals surface area contributed by atoms with Gasteiger partial charge in [-0.3, -0.25) is 0 Å². The van der Waals surface area contributed by atoms with E-state index in [-0.39, 0.29) is 6.10 Å². The molecule has 0 aromatic carbocycles. The van der Waals surface area contributed by atoms with Crippen LogP contribution in [-0.4, -0.2) is 25.9 Å². The Morgan fingerprint density at radius 1 is 1.30 bits per heavy atom. The Hall–Kier alpha value is 0.518. The van der Waals surface area contributed by atoms with Crippen LogP contribution in [0.25, 0.3) is 0 Å². The maximum absolute atomic E-state index is 9.08. The summed E-state index contributed by atoms with van der Waals surface area (Å²) in [5.74, 6) is 0. The molecule has 0 aromatic rings. The summed E-state index contributed by atoms with van der Waals surface area (Å²) in [6.07, 6.45) is 2.32. The van der Waals surface area contributed by atoms with Crippen LogP contribution >= 0.6 is 0 Å². The van der Waals surface area contributed by atoms with E-state index in [2.05, 4.69) is 13.8 Å². The molecule has 1 fully saturated rings. The van der Waals surface area contributed by atoms with E-state index in [0.717, 1.165) is 17.5 Å². The average molecular weight is 204 g/mol. The van der Waals surface area contributed by atoms with Gasteiger partial charge in [0.2, 0.25) is 0 Å². The molecule has 60 valence electrons. The molecular weight excluding hydrogens is 187 g/mol. The molecule has 1 aliphatic carbocycles. The third kappa shape index (κ3) is 1.76. The predicted octanol–water partition coefficient (Wildman–Crippen LogP) is 2.05. The molecule has 0 radical (unpaired) electrons. The first-order valence-electron chi connectivity index (χ1n) is 4.20. The van der Waals surface area contributed by atoms with E-state index >= 15 is 0 Å². The summed E-state index contributed by atoms with van der Waals surface area (Å²) in [5.41, 5.74) is 0.